The van der Waals surface area contributed by atoms with E-state index < -0.39 is 23.6 Å². The third-order valence-electron chi connectivity index (χ3n) is 3.32. The van der Waals surface area contributed by atoms with Crippen LogP contribution in [0.3, 0.4) is 0 Å². The average molecular weight is 280 g/mol. The van der Waals surface area contributed by atoms with Gasteiger partial charge in [-0.2, -0.15) is 0 Å². The van der Waals surface area contributed by atoms with E-state index in [4.69, 9.17) is 0 Å². The Balaban J connectivity index is 2.30. The third-order valence-corrected chi connectivity index (χ3v) is 3.32. The SMILES string of the molecule is Cc1ccc(C)c(CC(O)c2cc(F)c(F)cc2F)c1. The van der Waals surface area contributed by atoms with E-state index in [0.717, 1.165) is 16.7 Å². The molecule has 0 saturated carbocycles. The molecular weight excluding hydrogens is 265 g/mol. The molecule has 0 aliphatic carbocycles. The van der Waals surface area contributed by atoms with Crippen LogP contribution >= 0.6 is 0 Å². The zero-order valence-electron chi connectivity index (χ0n) is 11.3. The number of hydrogen-bond acceptors (Lipinski definition) is 1. The van der Waals surface area contributed by atoms with Crippen molar-refractivity contribution in [2.24, 2.45) is 0 Å². The van der Waals surface area contributed by atoms with E-state index in [9.17, 15) is 18.3 Å². The molecule has 2 aromatic rings. The first kappa shape index (κ1) is 14.6. The lowest BCUT2D eigenvalue weighted by atomic mass is 9.96. The van der Waals surface area contributed by atoms with Crippen LogP contribution in [0.15, 0.2) is 30.3 Å². The van der Waals surface area contributed by atoms with Crippen molar-refractivity contribution in [1.82, 2.24) is 0 Å². The van der Waals surface area contributed by atoms with Crippen LogP contribution in [0.2, 0.25) is 0 Å². The van der Waals surface area contributed by atoms with Gasteiger partial charge in [-0.15, -0.1) is 0 Å². The van der Waals surface area contributed by atoms with Crippen molar-refractivity contribution in [2.75, 3.05) is 0 Å². The highest BCUT2D eigenvalue weighted by Gasteiger charge is 2.18. The van der Waals surface area contributed by atoms with Gasteiger partial charge in [0.15, 0.2) is 11.6 Å². The lowest BCUT2D eigenvalue weighted by Gasteiger charge is -2.14. The van der Waals surface area contributed by atoms with Crippen LogP contribution in [0, 0.1) is 31.3 Å². The summed E-state index contributed by atoms with van der Waals surface area (Å²) in [5, 5.41) is 10.1. The van der Waals surface area contributed by atoms with Crippen molar-refractivity contribution in [3.05, 3.63) is 70.0 Å². The molecular formula is C16H15F3O. The molecule has 0 amide bonds. The van der Waals surface area contributed by atoms with E-state index in [1.54, 1.807) is 0 Å². The lowest BCUT2D eigenvalue weighted by molar-refractivity contribution is 0.172. The Kier molecular flexibility index (Phi) is 4.14. The van der Waals surface area contributed by atoms with Gasteiger partial charge in [0.2, 0.25) is 0 Å². The second-order valence-electron chi connectivity index (χ2n) is 4.94. The van der Waals surface area contributed by atoms with Crippen LogP contribution in [-0.4, -0.2) is 5.11 Å². The highest BCUT2D eigenvalue weighted by Crippen LogP contribution is 2.25. The first-order chi connectivity index (χ1) is 9.38. The molecule has 1 N–H and O–H groups in total. The van der Waals surface area contributed by atoms with Crippen LogP contribution in [0.25, 0.3) is 0 Å². The van der Waals surface area contributed by atoms with Crippen LogP contribution in [0.4, 0.5) is 13.2 Å². The number of rotatable bonds is 3. The Bertz CT molecular complexity index is 638. The second-order valence-corrected chi connectivity index (χ2v) is 4.94. The number of aliphatic hydroxyl groups is 1. The monoisotopic (exact) mass is 280 g/mol. The molecule has 0 aliphatic rings. The number of benzene rings is 2. The molecule has 1 atom stereocenters. The molecule has 0 fully saturated rings. The summed E-state index contributed by atoms with van der Waals surface area (Å²) in [6.07, 6.45) is -1.07. The summed E-state index contributed by atoms with van der Waals surface area (Å²) < 4.78 is 39.6. The number of halogens is 3. The van der Waals surface area contributed by atoms with E-state index in [1.165, 1.54) is 0 Å². The molecule has 4 heteroatoms. The van der Waals surface area contributed by atoms with Gasteiger partial charge in [0.05, 0.1) is 6.10 Å². The smallest absolute Gasteiger partial charge is 0.161 e. The maximum Gasteiger partial charge on any atom is 0.161 e. The maximum absolute atomic E-state index is 13.6. The van der Waals surface area contributed by atoms with E-state index in [1.807, 2.05) is 32.0 Å². The van der Waals surface area contributed by atoms with Crippen molar-refractivity contribution >= 4 is 0 Å². The Morgan fingerprint density at radius 3 is 2.30 bits per heavy atom. The molecule has 0 bridgehead atoms. The van der Waals surface area contributed by atoms with Gasteiger partial charge in [-0.25, -0.2) is 13.2 Å². The van der Waals surface area contributed by atoms with Gasteiger partial charge in [-0.3, -0.25) is 0 Å². The highest BCUT2D eigenvalue weighted by atomic mass is 19.2. The minimum absolute atomic E-state index is 0.148. The van der Waals surface area contributed by atoms with Gasteiger partial charge in [0, 0.05) is 18.1 Å². The van der Waals surface area contributed by atoms with Crippen molar-refractivity contribution in [2.45, 2.75) is 26.4 Å². The summed E-state index contributed by atoms with van der Waals surface area (Å²) >= 11 is 0. The summed E-state index contributed by atoms with van der Waals surface area (Å²) in [5.41, 5.74) is 2.59. The lowest BCUT2D eigenvalue weighted by Crippen LogP contribution is -2.07. The van der Waals surface area contributed by atoms with Gasteiger partial charge in [0.25, 0.3) is 0 Å². The van der Waals surface area contributed by atoms with Crippen molar-refractivity contribution < 1.29 is 18.3 Å². The molecule has 0 aromatic heterocycles. The maximum atomic E-state index is 13.6. The largest absolute Gasteiger partial charge is 0.388 e. The van der Waals surface area contributed by atoms with Crippen LogP contribution < -0.4 is 0 Å². The summed E-state index contributed by atoms with van der Waals surface area (Å²) in [6.45, 7) is 3.79. The standard InChI is InChI=1S/C16H15F3O/c1-9-3-4-10(2)11(5-9)6-16(20)12-7-14(18)15(19)8-13(12)17/h3-5,7-8,16,20H,6H2,1-2H3. The summed E-state index contributed by atoms with van der Waals surface area (Å²) in [7, 11) is 0. The van der Waals surface area contributed by atoms with Crippen LogP contribution in [0.5, 0.6) is 0 Å². The minimum atomic E-state index is -1.26. The van der Waals surface area contributed by atoms with E-state index in [-0.39, 0.29) is 12.0 Å². The second kappa shape index (κ2) is 5.67. The summed E-state index contributed by atoms with van der Waals surface area (Å²) in [4.78, 5) is 0. The third kappa shape index (κ3) is 3.02. The molecule has 0 radical (unpaired) electrons. The first-order valence-electron chi connectivity index (χ1n) is 6.27. The molecule has 0 heterocycles. The fraction of sp³-hybridized carbons (Fsp3) is 0.250. The molecule has 2 rings (SSSR count). The first-order valence-corrected chi connectivity index (χ1v) is 6.27. The fourth-order valence-corrected chi connectivity index (χ4v) is 2.13. The summed E-state index contributed by atoms with van der Waals surface area (Å²) in [5.74, 6) is -3.37. The number of hydrogen-bond donors (Lipinski definition) is 1. The normalized spacial score (nSPS) is 12.5. The fourth-order valence-electron chi connectivity index (χ4n) is 2.13. The number of aliphatic hydroxyl groups excluding tert-OH is 1. The van der Waals surface area contributed by atoms with E-state index >= 15 is 0 Å². The Hall–Kier alpha value is -1.81. The zero-order valence-corrected chi connectivity index (χ0v) is 11.3. The molecule has 0 saturated heterocycles. The predicted octanol–water partition coefficient (Wildman–Crippen LogP) is 4.00. The molecule has 2 aromatic carbocycles. The topological polar surface area (TPSA) is 20.2 Å². The van der Waals surface area contributed by atoms with Crippen LogP contribution in [-0.2, 0) is 6.42 Å². The molecule has 1 unspecified atom stereocenters. The van der Waals surface area contributed by atoms with Gasteiger partial charge in [-0.1, -0.05) is 23.8 Å². The Morgan fingerprint density at radius 2 is 1.60 bits per heavy atom. The van der Waals surface area contributed by atoms with Crippen LogP contribution in [0.1, 0.15) is 28.4 Å². The molecule has 20 heavy (non-hydrogen) atoms. The molecule has 0 aliphatic heterocycles. The van der Waals surface area contributed by atoms with E-state index in [0.29, 0.717) is 12.1 Å². The van der Waals surface area contributed by atoms with Gasteiger partial charge < -0.3 is 5.11 Å². The van der Waals surface area contributed by atoms with Crippen molar-refractivity contribution in [3.63, 3.8) is 0 Å². The van der Waals surface area contributed by atoms with Crippen molar-refractivity contribution in [3.8, 4) is 0 Å². The average Bonchev–Trinajstić information content (AvgIpc) is 2.38. The quantitative estimate of drug-likeness (QED) is 0.843. The zero-order chi connectivity index (χ0) is 14.9. The molecule has 1 nitrogen and oxygen atoms in total. The van der Waals surface area contributed by atoms with Gasteiger partial charge >= 0.3 is 0 Å². The Morgan fingerprint density at radius 1 is 0.950 bits per heavy atom. The number of aryl methyl sites for hydroxylation is 2. The Labute approximate surface area is 115 Å². The van der Waals surface area contributed by atoms with Gasteiger partial charge in [-0.05, 0) is 31.0 Å². The molecule has 0 spiro atoms. The summed E-state index contributed by atoms with van der Waals surface area (Å²) in [6, 6.07) is 6.89. The van der Waals surface area contributed by atoms with E-state index in [2.05, 4.69) is 0 Å². The predicted molar refractivity (Wildman–Crippen MR) is 70.9 cm³/mol. The molecule has 106 valence electrons. The van der Waals surface area contributed by atoms with Gasteiger partial charge in [0.1, 0.15) is 5.82 Å². The minimum Gasteiger partial charge on any atom is -0.388 e. The highest BCUT2D eigenvalue weighted by molar-refractivity contribution is 5.32. The van der Waals surface area contributed by atoms with Crippen molar-refractivity contribution in [1.29, 1.82) is 0 Å².